The van der Waals surface area contributed by atoms with Crippen molar-refractivity contribution in [2.75, 3.05) is 18.0 Å². The Morgan fingerprint density at radius 3 is 2.32 bits per heavy atom. The number of anilines is 1. The van der Waals surface area contributed by atoms with E-state index in [0.717, 1.165) is 0 Å². The molecule has 0 aromatic heterocycles. The quantitative estimate of drug-likeness (QED) is 0.841. The van der Waals surface area contributed by atoms with Crippen molar-refractivity contribution >= 4 is 5.69 Å². The van der Waals surface area contributed by atoms with Crippen LogP contribution in [0, 0.1) is 11.7 Å². The molecule has 0 unspecified atom stereocenters. The first kappa shape index (κ1) is 14.1. The van der Waals surface area contributed by atoms with Crippen molar-refractivity contribution in [1.29, 1.82) is 0 Å². The molecule has 2 N–H and O–H groups in total. The minimum atomic E-state index is -4.12. The van der Waals surface area contributed by atoms with E-state index in [2.05, 4.69) is 0 Å². The number of hydrogen-bond acceptors (Lipinski definition) is 2. The van der Waals surface area contributed by atoms with E-state index in [1.54, 1.807) is 17.0 Å². The minimum absolute atomic E-state index is 0.0593. The van der Waals surface area contributed by atoms with Crippen molar-refractivity contribution in [2.24, 2.45) is 11.7 Å². The SMILES string of the molecule is NCc1ccc(N2CCC(C(F)(F)F)CC2)cc1F. The van der Waals surface area contributed by atoms with E-state index in [1.165, 1.54) is 6.07 Å². The summed E-state index contributed by atoms with van der Waals surface area (Å²) in [7, 11) is 0. The van der Waals surface area contributed by atoms with E-state index in [1.807, 2.05) is 0 Å². The van der Waals surface area contributed by atoms with Crippen LogP contribution in [0.25, 0.3) is 0 Å². The van der Waals surface area contributed by atoms with Gasteiger partial charge in [0.25, 0.3) is 0 Å². The van der Waals surface area contributed by atoms with Gasteiger partial charge < -0.3 is 10.6 Å². The predicted molar refractivity (Wildman–Crippen MR) is 65.3 cm³/mol. The molecule has 106 valence electrons. The lowest BCUT2D eigenvalue weighted by Gasteiger charge is -2.34. The van der Waals surface area contributed by atoms with Crippen LogP contribution in [0.5, 0.6) is 0 Å². The molecule has 1 aromatic carbocycles. The van der Waals surface area contributed by atoms with E-state index in [-0.39, 0.29) is 19.4 Å². The number of nitrogens with two attached hydrogens (primary N) is 1. The van der Waals surface area contributed by atoms with Gasteiger partial charge in [0.1, 0.15) is 5.82 Å². The third-order valence-corrected chi connectivity index (χ3v) is 3.58. The first-order valence-corrected chi connectivity index (χ1v) is 6.22. The zero-order valence-corrected chi connectivity index (χ0v) is 10.4. The molecule has 1 aliphatic heterocycles. The van der Waals surface area contributed by atoms with Gasteiger partial charge in [-0.15, -0.1) is 0 Å². The van der Waals surface area contributed by atoms with E-state index in [0.29, 0.717) is 24.3 Å². The second-order valence-electron chi connectivity index (χ2n) is 4.78. The number of nitrogens with zero attached hydrogens (tertiary/aromatic N) is 1. The standard InChI is InChI=1S/C13H16F4N2/c14-12-7-11(2-1-9(12)8-18)19-5-3-10(4-6-19)13(15,16)17/h1-2,7,10H,3-6,8,18H2. The van der Waals surface area contributed by atoms with Gasteiger partial charge in [-0.05, 0) is 25.0 Å². The highest BCUT2D eigenvalue weighted by molar-refractivity contribution is 5.48. The maximum atomic E-state index is 13.6. The first-order valence-electron chi connectivity index (χ1n) is 6.22. The Hall–Kier alpha value is -1.30. The molecule has 1 saturated heterocycles. The van der Waals surface area contributed by atoms with Gasteiger partial charge >= 0.3 is 6.18 Å². The maximum Gasteiger partial charge on any atom is 0.391 e. The van der Waals surface area contributed by atoms with Gasteiger partial charge in [-0.25, -0.2) is 4.39 Å². The molecular formula is C13H16F4N2. The van der Waals surface area contributed by atoms with Gasteiger partial charge in [-0.3, -0.25) is 0 Å². The third-order valence-electron chi connectivity index (χ3n) is 3.58. The van der Waals surface area contributed by atoms with Gasteiger partial charge in [0.15, 0.2) is 0 Å². The van der Waals surface area contributed by atoms with E-state index < -0.39 is 17.9 Å². The molecule has 0 aliphatic carbocycles. The van der Waals surface area contributed by atoms with Crippen LogP contribution in [0.4, 0.5) is 23.2 Å². The lowest BCUT2D eigenvalue weighted by Crippen LogP contribution is -2.39. The van der Waals surface area contributed by atoms with Crippen molar-refractivity contribution in [3.05, 3.63) is 29.6 Å². The number of halogens is 4. The molecule has 0 atom stereocenters. The second-order valence-corrected chi connectivity index (χ2v) is 4.78. The van der Waals surface area contributed by atoms with Gasteiger partial charge in [0.05, 0.1) is 5.92 Å². The lowest BCUT2D eigenvalue weighted by atomic mass is 9.96. The molecule has 2 rings (SSSR count). The summed E-state index contributed by atoms with van der Waals surface area (Å²) in [5.41, 5.74) is 6.40. The highest BCUT2D eigenvalue weighted by Gasteiger charge is 2.41. The van der Waals surface area contributed by atoms with Crippen LogP contribution >= 0.6 is 0 Å². The zero-order valence-electron chi connectivity index (χ0n) is 10.4. The normalized spacial score (nSPS) is 17.8. The van der Waals surface area contributed by atoms with Crippen molar-refractivity contribution < 1.29 is 17.6 Å². The van der Waals surface area contributed by atoms with Gasteiger partial charge in [-0.2, -0.15) is 13.2 Å². The monoisotopic (exact) mass is 276 g/mol. The zero-order chi connectivity index (χ0) is 14.0. The Kier molecular flexibility index (Phi) is 3.99. The Morgan fingerprint density at radius 1 is 1.21 bits per heavy atom. The van der Waals surface area contributed by atoms with Crippen LogP contribution in [0.1, 0.15) is 18.4 Å². The van der Waals surface area contributed by atoms with Crippen molar-refractivity contribution in [3.63, 3.8) is 0 Å². The Balaban J connectivity index is 2.04. The summed E-state index contributed by atoms with van der Waals surface area (Å²) in [4.78, 5) is 1.78. The lowest BCUT2D eigenvalue weighted by molar-refractivity contribution is -0.179. The van der Waals surface area contributed by atoms with E-state index in [4.69, 9.17) is 5.73 Å². The summed E-state index contributed by atoms with van der Waals surface area (Å²) in [6.45, 7) is 0.708. The molecule has 0 saturated carbocycles. The molecular weight excluding hydrogens is 260 g/mol. The molecule has 0 amide bonds. The molecule has 1 fully saturated rings. The fourth-order valence-corrected chi connectivity index (χ4v) is 2.36. The molecule has 0 spiro atoms. The van der Waals surface area contributed by atoms with Crippen LogP contribution < -0.4 is 10.6 Å². The average molecular weight is 276 g/mol. The largest absolute Gasteiger partial charge is 0.391 e. The molecule has 1 aromatic rings. The molecule has 1 aliphatic rings. The van der Waals surface area contributed by atoms with Crippen LogP contribution in [-0.2, 0) is 6.54 Å². The van der Waals surface area contributed by atoms with E-state index >= 15 is 0 Å². The smallest absolute Gasteiger partial charge is 0.371 e. The Labute approximate surface area is 109 Å². The minimum Gasteiger partial charge on any atom is -0.371 e. The van der Waals surface area contributed by atoms with Crippen molar-refractivity contribution in [1.82, 2.24) is 0 Å². The van der Waals surface area contributed by atoms with Crippen LogP contribution in [-0.4, -0.2) is 19.3 Å². The number of piperidine rings is 1. The molecule has 0 bridgehead atoms. The summed E-state index contributed by atoms with van der Waals surface area (Å²) >= 11 is 0. The summed E-state index contributed by atoms with van der Waals surface area (Å²) in [5.74, 6) is -1.64. The highest BCUT2D eigenvalue weighted by atomic mass is 19.4. The van der Waals surface area contributed by atoms with Crippen molar-refractivity contribution in [2.45, 2.75) is 25.6 Å². The van der Waals surface area contributed by atoms with Gasteiger partial charge in [0.2, 0.25) is 0 Å². The predicted octanol–water partition coefficient (Wildman–Crippen LogP) is 3.06. The summed E-state index contributed by atoms with van der Waals surface area (Å²) in [6, 6.07) is 4.63. The van der Waals surface area contributed by atoms with Crippen LogP contribution in [0.3, 0.4) is 0 Å². The Bertz CT molecular complexity index is 437. The summed E-state index contributed by atoms with van der Waals surface area (Å²) in [5, 5.41) is 0. The molecule has 6 heteroatoms. The summed E-state index contributed by atoms with van der Waals surface area (Å²) < 4.78 is 51.2. The third kappa shape index (κ3) is 3.18. The number of alkyl halides is 3. The van der Waals surface area contributed by atoms with E-state index in [9.17, 15) is 17.6 Å². The molecule has 0 radical (unpaired) electrons. The summed E-state index contributed by atoms with van der Waals surface area (Å²) in [6.07, 6.45) is -4.01. The molecule has 19 heavy (non-hydrogen) atoms. The van der Waals surface area contributed by atoms with Gasteiger partial charge in [0, 0.05) is 30.9 Å². The number of hydrogen-bond donors (Lipinski definition) is 1. The van der Waals surface area contributed by atoms with Crippen LogP contribution in [0.2, 0.25) is 0 Å². The molecule has 2 nitrogen and oxygen atoms in total. The first-order chi connectivity index (χ1) is 8.91. The fourth-order valence-electron chi connectivity index (χ4n) is 2.36. The fraction of sp³-hybridized carbons (Fsp3) is 0.538. The highest BCUT2D eigenvalue weighted by Crippen LogP contribution is 2.35. The van der Waals surface area contributed by atoms with Crippen LogP contribution in [0.15, 0.2) is 18.2 Å². The van der Waals surface area contributed by atoms with Crippen molar-refractivity contribution in [3.8, 4) is 0 Å². The number of rotatable bonds is 2. The average Bonchev–Trinajstić information content (AvgIpc) is 2.38. The maximum absolute atomic E-state index is 13.6. The van der Waals surface area contributed by atoms with Gasteiger partial charge in [-0.1, -0.05) is 6.07 Å². The molecule has 1 heterocycles. The Morgan fingerprint density at radius 2 is 1.84 bits per heavy atom. The number of benzene rings is 1. The second kappa shape index (κ2) is 5.36. The topological polar surface area (TPSA) is 29.3 Å².